The second kappa shape index (κ2) is 7.27. The van der Waals surface area contributed by atoms with Gasteiger partial charge in [-0.05, 0) is 57.0 Å². The fourth-order valence-electron chi connectivity index (χ4n) is 3.16. The number of likely N-dealkylation sites (tertiary alicyclic amines) is 1. The summed E-state index contributed by atoms with van der Waals surface area (Å²) >= 11 is 6.04. The molecule has 1 aliphatic rings. The number of hydrogen-bond donors (Lipinski definition) is 1. The minimum atomic E-state index is -0.448. The molecule has 25 heavy (non-hydrogen) atoms. The van der Waals surface area contributed by atoms with Gasteiger partial charge in [0, 0.05) is 18.3 Å². The summed E-state index contributed by atoms with van der Waals surface area (Å²) in [6.07, 6.45) is 3.60. The third-order valence-electron chi connectivity index (χ3n) is 4.40. The second-order valence-corrected chi connectivity index (χ2v) is 6.55. The van der Waals surface area contributed by atoms with Crippen molar-refractivity contribution >= 4 is 17.4 Å². The van der Waals surface area contributed by atoms with E-state index in [1.807, 2.05) is 0 Å². The lowest BCUT2D eigenvalue weighted by molar-refractivity contribution is 0.282. The minimum absolute atomic E-state index is 0.141. The van der Waals surface area contributed by atoms with Crippen molar-refractivity contribution in [1.82, 2.24) is 9.88 Å². The fraction of sp³-hybridized carbons (Fsp3) is 0.333. The van der Waals surface area contributed by atoms with E-state index in [2.05, 4.69) is 28.9 Å². The Kier molecular flexibility index (Phi) is 5.08. The molecule has 132 valence electrons. The molecule has 1 aliphatic heterocycles. The number of nitrogens with zero attached hydrogens (tertiary/aromatic N) is 3. The number of rotatable bonds is 3. The highest BCUT2D eigenvalue weighted by Crippen LogP contribution is 2.33. The molecule has 7 heteroatoms. The van der Waals surface area contributed by atoms with E-state index in [1.54, 1.807) is 18.3 Å². The summed E-state index contributed by atoms with van der Waals surface area (Å²) in [6, 6.07) is 7.86. The minimum Gasteiger partial charge on any atom is -0.437 e. The number of hydrogen-bond acceptors (Lipinski definition) is 4. The molecule has 2 atom stereocenters. The fourth-order valence-corrected chi connectivity index (χ4v) is 3.37. The molecule has 3 rings (SSSR count). The van der Waals surface area contributed by atoms with Gasteiger partial charge >= 0.3 is 0 Å². The maximum Gasteiger partial charge on any atom is 0.230 e. The van der Waals surface area contributed by atoms with E-state index in [4.69, 9.17) is 16.3 Å². The smallest absolute Gasteiger partial charge is 0.230 e. The summed E-state index contributed by atoms with van der Waals surface area (Å²) in [5, 5.41) is 13.3. The first-order valence-electron chi connectivity index (χ1n) is 8.10. The molecule has 0 radical (unpaired) electrons. The number of halogens is 2. The summed E-state index contributed by atoms with van der Waals surface area (Å²) in [6.45, 7) is 4.17. The highest BCUT2D eigenvalue weighted by Gasteiger charge is 2.32. The predicted octanol–water partition coefficient (Wildman–Crippen LogP) is 4.68. The summed E-state index contributed by atoms with van der Waals surface area (Å²) in [7, 11) is 0. The molecule has 1 aromatic heterocycles. The van der Waals surface area contributed by atoms with Gasteiger partial charge in [-0.2, -0.15) is 0 Å². The largest absolute Gasteiger partial charge is 0.437 e. The molecule has 0 spiro atoms. The van der Waals surface area contributed by atoms with Gasteiger partial charge in [0.15, 0.2) is 5.84 Å². The molecule has 2 unspecified atom stereocenters. The lowest BCUT2D eigenvalue weighted by Crippen LogP contribution is -2.39. The molecular formula is C18H19ClFN3O2. The lowest BCUT2D eigenvalue weighted by Gasteiger charge is -2.29. The number of ether oxygens (including phenoxy) is 1. The zero-order valence-electron chi connectivity index (χ0n) is 14.0. The Bertz CT molecular complexity index is 790. The van der Waals surface area contributed by atoms with Gasteiger partial charge in [0.25, 0.3) is 0 Å². The number of benzene rings is 1. The average molecular weight is 364 g/mol. The van der Waals surface area contributed by atoms with E-state index >= 15 is 0 Å². The van der Waals surface area contributed by atoms with E-state index < -0.39 is 5.82 Å². The molecular weight excluding hydrogens is 345 g/mol. The first kappa shape index (κ1) is 17.5. The molecule has 1 saturated heterocycles. The van der Waals surface area contributed by atoms with E-state index in [1.165, 1.54) is 18.2 Å². The Hall–Kier alpha value is -2.34. The molecule has 0 aliphatic carbocycles. The maximum atomic E-state index is 13.2. The normalized spacial score (nSPS) is 20.8. The van der Waals surface area contributed by atoms with E-state index in [-0.39, 0.29) is 28.7 Å². The van der Waals surface area contributed by atoms with Gasteiger partial charge in [0.2, 0.25) is 5.88 Å². The van der Waals surface area contributed by atoms with Crippen molar-refractivity contribution in [3.05, 3.63) is 52.9 Å². The standard InChI is InChI=1S/C18H19ClFN3O2/c1-11-5-6-12(2)23(11)17(22-24)14-4-3-9-21-18(14)25-16-8-7-13(20)10-15(16)19/h3-4,7-12,24H,5-6H2,1-2H3/b22-17-. The summed E-state index contributed by atoms with van der Waals surface area (Å²) in [5.74, 6) is 0.479. The van der Waals surface area contributed by atoms with Crippen LogP contribution in [0.15, 0.2) is 41.7 Å². The van der Waals surface area contributed by atoms with Crippen molar-refractivity contribution < 1.29 is 14.3 Å². The topological polar surface area (TPSA) is 58.0 Å². The van der Waals surface area contributed by atoms with Gasteiger partial charge in [0.05, 0.1) is 10.6 Å². The highest BCUT2D eigenvalue weighted by molar-refractivity contribution is 6.32. The van der Waals surface area contributed by atoms with Crippen molar-refractivity contribution in [2.45, 2.75) is 38.8 Å². The Morgan fingerprint density at radius 2 is 2.04 bits per heavy atom. The van der Waals surface area contributed by atoms with Crippen LogP contribution in [-0.2, 0) is 0 Å². The molecule has 0 bridgehead atoms. The van der Waals surface area contributed by atoms with Gasteiger partial charge in [0.1, 0.15) is 11.6 Å². The predicted molar refractivity (Wildman–Crippen MR) is 94.0 cm³/mol. The van der Waals surface area contributed by atoms with Crippen LogP contribution in [0.2, 0.25) is 5.02 Å². The zero-order chi connectivity index (χ0) is 18.0. The van der Waals surface area contributed by atoms with Gasteiger partial charge in [-0.1, -0.05) is 16.8 Å². The van der Waals surface area contributed by atoms with Crippen LogP contribution >= 0.6 is 11.6 Å². The van der Waals surface area contributed by atoms with Crippen molar-refractivity contribution in [3.8, 4) is 11.6 Å². The SMILES string of the molecule is CC1CCC(C)N1/C(=N\O)c1cccnc1Oc1ccc(F)cc1Cl. The van der Waals surface area contributed by atoms with Crippen molar-refractivity contribution in [3.63, 3.8) is 0 Å². The van der Waals surface area contributed by atoms with Crippen LogP contribution in [-0.4, -0.2) is 33.0 Å². The molecule has 1 fully saturated rings. The van der Waals surface area contributed by atoms with Gasteiger partial charge in [-0.25, -0.2) is 9.37 Å². The Morgan fingerprint density at radius 3 is 2.68 bits per heavy atom. The first-order valence-corrected chi connectivity index (χ1v) is 8.47. The van der Waals surface area contributed by atoms with Gasteiger partial charge < -0.3 is 14.8 Å². The van der Waals surface area contributed by atoms with E-state index in [0.717, 1.165) is 12.8 Å². The maximum absolute atomic E-state index is 13.2. The van der Waals surface area contributed by atoms with Crippen molar-refractivity contribution in [2.24, 2.45) is 5.16 Å². The molecule has 0 amide bonds. The Labute approximate surface area is 150 Å². The summed E-state index contributed by atoms with van der Waals surface area (Å²) < 4.78 is 19.0. The third kappa shape index (κ3) is 3.54. The molecule has 2 heterocycles. The number of amidine groups is 1. The molecule has 5 nitrogen and oxygen atoms in total. The quantitative estimate of drug-likeness (QED) is 0.372. The average Bonchev–Trinajstić information content (AvgIpc) is 2.92. The molecule has 1 aromatic carbocycles. The van der Waals surface area contributed by atoms with Crippen LogP contribution in [0.5, 0.6) is 11.6 Å². The van der Waals surface area contributed by atoms with Crippen LogP contribution in [0.1, 0.15) is 32.3 Å². The van der Waals surface area contributed by atoms with Gasteiger partial charge in [-0.3, -0.25) is 0 Å². The lowest BCUT2D eigenvalue weighted by atomic mass is 10.2. The van der Waals surface area contributed by atoms with Gasteiger partial charge in [-0.15, -0.1) is 0 Å². The molecule has 0 saturated carbocycles. The highest BCUT2D eigenvalue weighted by atomic mass is 35.5. The van der Waals surface area contributed by atoms with Crippen molar-refractivity contribution in [1.29, 1.82) is 0 Å². The molecule has 2 aromatic rings. The van der Waals surface area contributed by atoms with E-state index in [0.29, 0.717) is 11.4 Å². The summed E-state index contributed by atoms with van der Waals surface area (Å²) in [4.78, 5) is 6.29. The van der Waals surface area contributed by atoms with Crippen LogP contribution in [0, 0.1) is 5.82 Å². The number of pyridine rings is 1. The summed E-state index contributed by atoms with van der Waals surface area (Å²) in [5.41, 5.74) is 0.547. The van der Waals surface area contributed by atoms with Crippen LogP contribution < -0.4 is 4.74 Å². The second-order valence-electron chi connectivity index (χ2n) is 6.14. The Balaban J connectivity index is 1.97. The molecule has 1 N–H and O–H groups in total. The Morgan fingerprint density at radius 1 is 1.32 bits per heavy atom. The number of aromatic nitrogens is 1. The van der Waals surface area contributed by atoms with Crippen molar-refractivity contribution in [2.75, 3.05) is 0 Å². The van der Waals surface area contributed by atoms with Crippen LogP contribution in [0.3, 0.4) is 0 Å². The van der Waals surface area contributed by atoms with Crippen LogP contribution in [0.25, 0.3) is 0 Å². The zero-order valence-corrected chi connectivity index (χ0v) is 14.7. The number of oxime groups is 1. The third-order valence-corrected chi connectivity index (χ3v) is 4.70. The first-order chi connectivity index (χ1) is 12.0. The monoisotopic (exact) mass is 363 g/mol. The van der Waals surface area contributed by atoms with E-state index in [9.17, 15) is 9.60 Å². The van der Waals surface area contributed by atoms with Crippen LogP contribution in [0.4, 0.5) is 4.39 Å².